The monoisotopic (exact) mass is 412 g/mol. The van der Waals surface area contributed by atoms with Crippen molar-refractivity contribution in [2.75, 3.05) is 38.7 Å². The van der Waals surface area contributed by atoms with Crippen LogP contribution < -0.4 is 31.0 Å². The van der Waals surface area contributed by atoms with E-state index in [-0.39, 0.29) is 24.0 Å². The molecule has 0 amide bonds. The van der Waals surface area contributed by atoms with Gasteiger partial charge in [-0.05, 0) is 0 Å². The van der Waals surface area contributed by atoms with E-state index in [0.29, 0.717) is 37.0 Å². The molecule has 0 aromatic carbocycles. The average molecular weight is 412 g/mol. The van der Waals surface area contributed by atoms with E-state index in [1.54, 1.807) is 19.5 Å². The van der Waals surface area contributed by atoms with Gasteiger partial charge in [0.15, 0.2) is 5.69 Å². The number of morpholine rings is 1. The zero-order valence-corrected chi connectivity index (χ0v) is 16.6. The first-order chi connectivity index (χ1) is 14.8. The Morgan fingerprint density at radius 2 is 2.13 bits per heavy atom. The Balaban J connectivity index is 1.43. The van der Waals surface area contributed by atoms with Gasteiger partial charge in [0, 0.05) is 19.5 Å². The maximum atomic E-state index is 8.84. The first kappa shape index (κ1) is 20.2. The highest BCUT2D eigenvalue weighted by Gasteiger charge is 2.30. The molecule has 11 heteroatoms. The largest absolute Gasteiger partial charge is 0.495 e. The van der Waals surface area contributed by atoms with E-state index in [9.17, 15) is 0 Å². The minimum absolute atomic E-state index is 0.00293. The van der Waals surface area contributed by atoms with Gasteiger partial charge in [-0.15, -0.1) is 0 Å². The maximum absolute atomic E-state index is 8.84. The van der Waals surface area contributed by atoms with Gasteiger partial charge in [-0.2, -0.15) is 5.26 Å². The molecule has 2 aliphatic rings. The van der Waals surface area contributed by atoms with Crippen LogP contribution in [0.5, 0.6) is 11.5 Å². The van der Waals surface area contributed by atoms with Gasteiger partial charge in [0.25, 0.3) is 0 Å². The van der Waals surface area contributed by atoms with Crippen molar-refractivity contribution in [3.8, 4) is 17.6 Å². The molecule has 158 valence electrons. The summed E-state index contributed by atoms with van der Waals surface area (Å²) in [5, 5.41) is 15.4. The minimum Gasteiger partial charge on any atom is -0.495 e. The minimum atomic E-state index is -0.103. The molecule has 0 saturated carbocycles. The third-order valence-electron chi connectivity index (χ3n) is 4.90. The van der Waals surface area contributed by atoms with Crippen molar-refractivity contribution in [2.24, 2.45) is 0 Å². The van der Waals surface area contributed by atoms with Gasteiger partial charge in [0.1, 0.15) is 36.1 Å². The highest BCUT2D eigenvalue weighted by Crippen LogP contribution is 2.37. The summed E-state index contributed by atoms with van der Waals surface area (Å²) in [5.74, 6) is 1.88. The number of hydrazine groups is 1. The first-order valence-electron chi connectivity index (χ1n) is 9.73. The highest BCUT2D eigenvalue weighted by atomic mass is 16.5. The van der Waals surface area contributed by atoms with Gasteiger partial charge in [-0.1, -0.05) is 0 Å². The fourth-order valence-electron chi connectivity index (χ4n) is 3.44. The van der Waals surface area contributed by atoms with E-state index in [1.807, 2.05) is 6.07 Å². The van der Waals surface area contributed by atoms with Crippen LogP contribution in [0.3, 0.4) is 0 Å². The standard InChI is InChI=1S/C19H24N8O3/c1-28-15-8-22-9-16(30-11-13-7-21-2-3-29-13)19(15)14-4-17(27-26-14)25-18-10-23-12(5-20)6-24-18/h6,8-10,13-14,17,21,26-27H,2-4,7,11H2,1H3,(H,24,25)/t13-,14?,17?/m0/s1. The molecule has 0 spiro atoms. The van der Waals surface area contributed by atoms with Crippen molar-refractivity contribution in [3.63, 3.8) is 0 Å². The molecule has 2 aromatic rings. The normalized spacial score (nSPS) is 23.5. The van der Waals surface area contributed by atoms with Gasteiger partial charge < -0.3 is 24.8 Å². The van der Waals surface area contributed by atoms with Gasteiger partial charge in [-0.25, -0.2) is 20.8 Å². The van der Waals surface area contributed by atoms with E-state index in [2.05, 4.69) is 36.4 Å². The molecule has 0 bridgehead atoms. The van der Waals surface area contributed by atoms with Crippen LogP contribution in [-0.4, -0.2) is 60.6 Å². The number of hydrogen-bond acceptors (Lipinski definition) is 11. The molecule has 2 aliphatic heterocycles. The molecule has 3 atom stereocenters. The Morgan fingerprint density at radius 3 is 2.87 bits per heavy atom. The average Bonchev–Trinajstić information content (AvgIpc) is 3.26. The summed E-state index contributed by atoms with van der Waals surface area (Å²) in [5.41, 5.74) is 7.64. The van der Waals surface area contributed by atoms with Gasteiger partial charge in [0.05, 0.1) is 56.3 Å². The van der Waals surface area contributed by atoms with E-state index >= 15 is 0 Å². The number of rotatable bonds is 7. The lowest BCUT2D eigenvalue weighted by Crippen LogP contribution is -2.41. The number of aromatic nitrogens is 3. The smallest absolute Gasteiger partial charge is 0.158 e. The van der Waals surface area contributed by atoms with Crippen molar-refractivity contribution in [1.29, 1.82) is 5.26 Å². The quantitative estimate of drug-likeness (QED) is 0.492. The van der Waals surface area contributed by atoms with Crippen LogP contribution in [-0.2, 0) is 4.74 Å². The van der Waals surface area contributed by atoms with E-state index in [0.717, 1.165) is 18.7 Å². The van der Waals surface area contributed by atoms with Gasteiger partial charge in [-0.3, -0.25) is 4.98 Å². The summed E-state index contributed by atoms with van der Waals surface area (Å²) in [6.45, 7) is 2.72. The number of ether oxygens (including phenoxy) is 3. The lowest BCUT2D eigenvalue weighted by molar-refractivity contribution is -0.000207. The van der Waals surface area contributed by atoms with Crippen molar-refractivity contribution >= 4 is 5.82 Å². The predicted molar refractivity (Wildman–Crippen MR) is 107 cm³/mol. The lowest BCUT2D eigenvalue weighted by Gasteiger charge is -2.25. The van der Waals surface area contributed by atoms with Crippen molar-refractivity contribution in [1.82, 2.24) is 31.1 Å². The zero-order chi connectivity index (χ0) is 20.8. The van der Waals surface area contributed by atoms with Crippen LogP contribution >= 0.6 is 0 Å². The summed E-state index contributed by atoms with van der Waals surface area (Å²) >= 11 is 0. The van der Waals surface area contributed by atoms with E-state index < -0.39 is 0 Å². The third-order valence-corrected chi connectivity index (χ3v) is 4.90. The second-order valence-corrected chi connectivity index (χ2v) is 6.93. The summed E-state index contributed by atoms with van der Waals surface area (Å²) in [7, 11) is 1.61. The van der Waals surface area contributed by atoms with Crippen LogP contribution in [0.2, 0.25) is 0 Å². The van der Waals surface area contributed by atoms with Crippen LogP contribution in [0.25, 0.3) is 0 Å². The Bertz CT molecular complexity index is 882. The number of nitrogens with one attached hydrogen (secondary N) is 4. The molecular formula is C19H24N8O3. The van der Waals surface area contributed by atoms with E-state index in [1.165, 1.54) is 12.4 Å². The second kappa shape index (κ2) is 9.64. The van der Waals surface area contributed by atoms with Crippen LogP contribution in [0.15, 0.2) is 24.8 Å². The molecule has 11 nitrogen and oxygen atoms in total. The number of nitrogens with zero attached hydrogens (tertiary/aromatic N) is 4. The first-order valence-corrected chi connectivity index (χ1v) is 9.73. The number of pyridine rings is 1. The van der Waals surface area contributed by atoms with Crippen LogP contribution in [0, 0.1) is 11.3 Å². The third kappa shape index (κ3) is 4.74. The van der Waals surface area contributed by atoms with Crippen LogP contribution in [0.4, 0.5) is 5.82 Å². The Morgan fingerprint density at radius 1 is 1.23 bits per heavy atom. The van der Waals surface area contributed by atoms with Gasteiger partial charge in [0.2, 0.25) is 0 Å². The molecule has 2 fully saturated rings. The number of methoxy groups -OCH3 is 1. The highest BCUT2D eigenvalue weighted by molar-refractivity contribution is 5.45. The molecule has 2 saturated heterocycles. The molecule has 2 aromatic heterocycles. The summed E-state index contributed by atoms with van der Waals surface area (Å²) in [6.07, 6.45) is 6.93. The van der Waals surface area contributed by atoms with Crippen molar-refractivity contribution < 1.29 is 14.2 Å². The van der Waals surface area contributed by atoms with E-state index in [4.69, 9.17) is 19.5 Å². The predicted octanol–water partition coefficient (Wildman–Crippen LogP) is 0.0963. The second-order valence-electron chi connectivity index (χ2n) is 6.93. The lowest BCUT2D eigenvalue weighted by atomic mass is 10.0. The molecule has 4 rings (SSSR count). The summed E-state index contributed by atoms with van der Waals surface area (Å²) in [6, 6.07) is 1.88. The maximum Gasteiger partial charge on any atom is 0.158 e. The summed E-state index contributed by atoms with van der Waals surface area (Å²) in [4.78, 5) is 12.5. The Kier molecular flexibility index (Phi) is 6.50. The summed E-state index contributed by atoms with van der Waals surface area (Å²) < 4.78 is 17.3. The topological polar surface area (TPSA) is 138 Å². The molecule has 4 heterocycles. The molecule has 30 heavy (non-hydrogen) atoms. The van der Waals surface area contributed by atoms with Crippen molar-refractivity contribution in [3.05, 3.63) is 36.0 Å². The van der Waals surface area contributed by atoms with Crippen LogP contribution in [0.1, 0.15) is 23.7 Å². The number of nitriles is 1. The number of anilines is 1. The molecule has 0 radical (unpaired) electrons. The van der Waals surface area contributed by atoms with Crippen molar-refractivity contribution in [2.45, 2.75) is 24.7 Å². The Hall–Kier alpha value is -3.04. The molecular weight excluding hydrogens is 388 g/mol. The fraction of sp³-hybridized carbons (Fsp3) is 0.474. The number of hydrogen-bond donors (Lipinski definition) is 4. The molecule has 0 aliphatic carbocycles. The SMILES string of the molecule is COc1cncc(OC[C@@H]2CNCCO2)c1C1CC(Nc2cnc(C#N)cn2)NN1. The van der Waals surface area contributed by atoms with Gasteiger partial charge >= 0.3 is 0 Å². The molecule has 4 N–H and O–H groups in total. The molecule has 2 unspecified atom stereocenters. The zero-order valence-electron chi connectivity index (χ0n) is 16.6. The fourth-order valence-corrected chi connectivity index (χ4v) is 3.44. The Labute approximate surface area is 174 Å².